The van der Waals surface area contributed by atoms with Gasteiger partial charge in [0.05, 0.1) is 4.90 Å². The molecule has 0 aliphatic carbocycles. The molecule has 0 fully saturated rings. The summed E-state index contributed by atoms with van der Waals surface area (Å²) in [6, 6.07) is 12.5. The Morgan fingerprint density at radius 2 is 1.93 bits per heavy atom. The second-order valence-electron chi connectivity index (χ2n) is 6.81. The molecule has 0 bridgehead atoms. The van der Waals surface area contributed by atoms with E-state index in [1.54, 1.807) is 12.1 Å². The Kier molecular flexibility index (Phi) is 5.82. The van der Waals surface area contributed by atoms with Crippen LogP contribution >= 0.6 is 0 Å². The Balaban J connectivity index is 1.60. The van der Waals surface area contributed by atoms with Crippen LogP contribution in [0.25, 0.3) is 0 Å². The Hall–Kier alpha value is -2.38. The van der Waals surface area contributed by atoms with Crippen molar-refractivity contribution in [2.24, 2.45) is 0 Å². The number of hydrogen-bond acceptors (Lipinski definition) is 4. The summed E-state index contributed by atoms with van der Waals surface area (Å²) in [6.45, 7) is 4.58. The first-order chi connectivity index (χ1) is 12.9. The average molecular weight is 388 g/mol. The molecule has 0 unspecified atom stereocenters. The molecule has 1 amide bonds. The monoisotopic (exact) mass is 388 g/mol. The van der Waals surface area contributed by atoms with Crippen LogP contribution in [-0.4, -0.2) is 27.5 Å². The molecule has 2 aromatic rings. The van der Waals surface area contributed by atoms with E-state index in [1.807, 2.05) is 24.3 Å². The second-order valence-corrected chi connectivity index (χ2v) is 8.57. The molecule has 7 heteroatoms. The number of anilines is 1. The summed E-state index contributed by atoms with van der Waals surface area (Å²) in [4.78, 5) is 11.6. The van der Waals surface area contributed by atoms with Gasteiger partial charge >= 0.3 is 0 Å². The summed E-state index contributed by atoms with van der Waals surface area (Å²) in [5.41, 5.74) is 2.61. The standard InChI is InChI=1S/C20H24N2O4S/c1-14(2)17-5-3-4-6-19(17)26-12-11-21-27(24,25)16-8-9-18-15(13-16)7-10-20(23)22-18/h3-6,8-9,13-14,21H,7,10-12H2,1-2H3,(H,22,23). The van der Waals surface area contributed by atoms with Gasteiger partial charge in [0.2, 0.25) is 15.9 Å². The van der Waals surface area contributed by atoms with Crippen LogP contribution in [0, 0.1) is 0 Å². The van der Waals surface area contributed by atoms with Crippen molar-refractivity contribution in [3.63, 3.8) is 0 Å². The van der Waals surface area contributed by atoms with E-state index in [4.69, 9.17) is 4.74 Å². The number of carbonyl (C=O) groups is 1. The second kappa shape index (κ2) is 8.10. The summed E-state index contributed by atoms with van der Waals surface area (Å²) in [6.07, 6.45) is 0.909. The third-order valence-corrected chi connectivity index (χ3v) is 5.93. The summed E-state index contributed by atoms with van der Waals surface area (Å²) in [7, 11) is -3.63. The van der Waals surface area contributed by atoms with E-state index in [1.165, 1.54) is 6.07 Å². The molecule has 3 rings (SSSR count). The minimum absolute atomic E-state index is 0.0462. The maximum absolute atomic E-state index is 12.5. The molecule has 0 saturated carbocycles. The average Bonchev–Trinajstić information content (AvgIpc) is 2.65. The first-order valence-corrected chi connectivity index (χ1v) is 10.5. The third-order valence-electron chi connectivity index (χ3n) is 4.48. The molecular formula is C20H24N2O4S. The van der Waals surface area contributed by atoms with Gasteiger partial charge in [-0.3, -0.25) is 4.79 Å². The van der Waals surface area contributed by atoms with E-state index in [0.29, 0.717) is 24.4 Å². The molecule has 1 aliphatic heterocycles. The van der Waals surface area contributed by atoms with Crippen molar-refractivity contribution in [2.75, 3.05) is 18.5 Å². The predicted molar refractivity (Wildman–Crippen MR) is 105 cm³/mol. The highest BCUT2D eigenvalue weighted by atomic mass is 32.2. The molecule has 1 heterocycles. The highest BCUT2D eigenvalue weighted by Gasteiger charge is 2.19. The van der Waals surface area contributed by atoms with Gasteiger partial charge in [0.1, 0.15) is 12.4 Å². The lowest BCUT2D eigenvalue weighted by atomic mass is 10.0. The van der Waals surface area contributed by atoms with Gasteiger partial charge in [0.15, 0.2) is 0 Å². The molecule has 0 atom stereocenters. The quantitative estimate of drug-likeness (QED) is 0.714. The number of rotatable bonds is 7. The lowest BCUT2D eigenvalue weighted by molar-refractivity contribution is -0.116. The maximum atomic E-state index is 12.5. The molecule has 27 heavy (non-hydrogen) atoms. The van der Waals surface area contributed by atoms with E-state index in [2.05, 4.69) is 23.9 Å². The van der Waals surface area contributed by atoms with Crippen molar-refractivity contribution >= 4 is 21.6 Å². The van der Waals surface area contributed by atoms with Crippen LogP contribution in [0.5, 0.6) is 5.75 Å². The Bertz CT molecular complexity index is 939. The minimum Gasteiger partial charge on any atom is -0.492 e. The highest BCUT2D eigenvalue weighted by molar-refractivity contribution is 7.89. The van der Waals surface area contributed by atoms with Gasteiger partial charge in [-0.1, -0.05) is 32.0 Å². The summed E-state index contributed by atoms with van der Waals surface area (Å²) in [5.74, 6) is 1.06. The zero-order valence-electron chi connectivity index (χ0n) is 15.5. The van der Waals surface area contributed by atoms with E-state index >= 15 is 0 Å². The fraction of sp³-hybridized carbons (Fsp3) is 0.350. The molecule has 2 aromatic carbocycles. The molecular weight excluding hydrogens is 364 g/mol. The van der Waals surface area contributed by atoms with Crippen LogP contribution in [0.3, 0.4) is 0 Å². The smallest absolute Gasteiger partial charge is 0.240 e. The van der Waals surface area contributed by atoms with Gasteiger partial charge in [0.25, 0.3) is 0 Å². The highest BCUT2D eigenvalue weighted by Crippen LogP contribution is 2.26. The zero-order valence-corrected chi connectivity index (χ0v) is 16.3. The maximum Gasteiger partial charge on any atom is 0.240 e. The molecule has 2 N–H and O–H groups in total. The van der Waals surface area contributed by atoms with Gasteiger partial charge in [0, 0.05) is 18.7 Å². The predicted octanol–water partition coefficient (Wildman–Crippen LogP) is 3.05. The van der Waals surface area contributed by atoms with Crippen LogP contribution in [0.2, 0.25) is 0 Å². The number of carbonyl (C=O) groups excluding carboxylic acids is 1. The molecule has 0 spiro atoms. The topological polar surface area (TPSA) is 84.5 Å². The number of sulfonamides is 1. The number of ether oxygens (including phenoxy) is 1. The van der Waals surface area contributed by atoms with Crippen molar-refractivity contribution in [1.82, 2.24) is 4.72 Å². The third kappa shape index (κ3) is 4.67. The van der Waals surface area contributed by atoms with Crippen molar-refractivity contribution in [2.45, 2.75) is 37.5 Å². The first-order valence-electron chi connectivity index (χ1n) is 9.01. The van der Waals surface area contributed by atoms with Gasteiger partial charge in [-0.05, 0) is 47.7 Å². The first kappa shape index (κ1) is 19.4. The summed E-state index contributed by atoms with van der Waals surface area (Å²) < 4.78 is 33.4. The van der Waals surface area contributed by atoms with Gasteiger partial charge in [-0.15, -0.1) is 0 Å². The molecule has 0 radical (unpaired) electrons. The molecule has 1 aliphatic rings. The fourth-order valence-electron chi connectivity index (χ4n) is 3.04. The van der Waals surface area contributed by atoms with E-state index in [9.17, 15) is 13.2 Å². The van der Waals surface area contributed by atoms with Crippen LogP contribution in [-0.2, 0) is 21.2 Å². The van der Waals surface area contributed by atoms with E-state index in [-0.39, 0.29) is 24.0 Å². The Labute approximate surface area is 160 Å². The SMILES string of the molecule is CC(C)c1ccccc1OCCNS(=O)(=O)c1ccc2c(c1)CCC(=O)N2. The number of hydrogen-bond donors (Lipinski definition) is 2. The van der Waals surface area contributed by atoms with Crippen LogP contribution in [0.15, 0.2) is 47.4 Å². The van der Waals surface area contributed by atoms with Gasteiger partial charge < -0.3 is 10.1 Å². The summed E-state index contributed by atoms with van der Waals surface area (Å²) in [5, 5.41) is 2.75. The lowest BCUT2D eigenvalue weighted by Gasteiger charge is -2.18. The van der Waals surface area contributed by atoms with E-state index < -0.39 is 10.0 Å². The minimum atomic E-state index is -3.63. The number of amides is 1. The van der Waals surface area contributed by atoms with Crippen molar-refractivity contribution in [3.8, 4) is 5.75 Å². The number of benzene rings is 2. The number of fused-ring (bicyclic) bond motifs is 1. The van der Waals surface area contributed by atoms with Gasteiger partial charge in [-0.25, -0.2) is 13.1 Å². The largest absolute Gasteiger partial charge is 0.492 e. The van der Waals surface area contributed by atoms with Crippen molar-refractivity contribution in [1.29, 1.82) is 0 Å². The molecule has 0 aromatic heterocycles. The molecule has 0 saturated heterocycles. The number of nitrogens with one attached hydrogen (secondary N) is 2. The van der Waals surface area contributed by atoms with Crippen LogP contribution in [0.4, 0.5) is 5.69 Å². The summed E-state index contributed by atoms with van der Waals surface area (Å²) >= 11 is 0. The van der Waals surface area contributed by atoms with Crippen LogP contribution < -0.4 is 14.8 Å². The van der Waals surface area contributed by atoms with E-state index in [0.717, 1.165) is 16.9 Å². The molecule has 6 nitrogen and oxygen atoms in total. The number of para-hydroxylation sites is 1. The normalized spacial score (nSPS) is 14.0. The van der Waals surface area contributed by atoms with Crippen molar-refractivity contribution < 1.29 is 17.9 Å². The lowest BCUT2D eigenvalue weighted by Crippen LogP contribution is -2.29. The van der Waals surface area contributed by atoms with Gasteiger partial charge in [-0.2, -0.15) is 0 Å². The zero-order chi connectivity index (χ0) is 19.4. The Morgan fingerprint density at radius 1 is 1.15 bits per heavy atom. The fourth-order valence-corrected chi connectivity index (χ4v) is 4.10. The van der Waals surface area contributed by atoms with Crippen molar-refractivity contribution in [3.05, 3.63) is 53.6 Å². The number of aryl methyl sites for hydroxylation is 1. The van der Waals surface area contributed by atoms with Crippen LogP contribution in [0.1, 0.15) is 37.3 Å². The Morgan fingerprint density at radius 3 is 2.70 bits per heavy atom. The molecule has 144 valence electrons.